The second kappa shape index (κ2) is 3.02. The van der Waals surface area contributed by atoms with Crippen LogP contribution in [0.1, 0.15) is 39.5 Å². The number of fused-ring (bicyclic) bond motifs is 2. The molecule has 0 aromatic rings. The highest BCUT2D eigenvalue weighted by Gasteiger charge is 2.50. The van der Waals surface area contributed by atoms with E-state index in [1.54, 1.807) is 0 Å². The van der Waals surface area contributed by atoms with E-state index in [4.69, 9.17) is 0 Å². The van der Waals surface area contributed by atoms with Crippen molar-refractivity contribution in [3.05, 3.63) is 0 Å². The van der Waals surface area contributed by atoms with Crippen LogP contribution in [0.2, 0.25) is 0 Å². The molecular formula is C11H20O. The topological polar surface area (TPSA) is 20.2 Å². The summed E-state index contributed by atoms with van der Waals surface area (Å²) < 4.78 is 0. The highest BCUT2D eigenvalue weighted by molar-refractivity contribution is 4.99. The summed E-state index contributed by atoms with van der Waals surface area (Å²) in [5, 5.41) is 9.73. The second-order valence-corrected chi connectivity index (χ2v) is 4.61. The fourth-order valence-corrected chi connectivity index (χ4v) is 3.81. The third-order valence-electron chi connectivity index (χ3n) is 4.26. The van der Waals surface area contributed by atoms with E-state index in [1.165, 1.54) is 19.3 Å². The molecule has 0 aliphatic heterocycles. The molecule has 1 heteroatoms. The smallest absolute Gasteiger partial charge is 0.0574 e. The van der Waals surface area contributed by atoms with Gasteiger partial charge in [-0.15, -0.1) is 0 Å². The van der Waals surface area contributed by atoms with Crippen LogP contribution in [-0.2, 0) is 0 Å². The van der Waals surface area contributed by atoms with E-state index in [9.17, 15) is 5.11 Å². The Labute approximate surface area is 75.2 Å². The SMILES string of the molecule is CCC1C2CC(O)C(C2)C1CC. The molecule has 0 spiro atoms. The van der Waals surface area contributed by atoms with E-state index in [0.717, 1.165) is 24.2 Å². The Hall–Kier alpha value is -0.0400. The van der Waals surface area contributed by atoms with Crippen LogP contribution in [0.25, 0.3) is 0 Å². The van der Waals surface area contributed by atoms with E-state index in [1.807, 2.05) is 0 Å². The molecule has 0 aromatic carbocycles. The quantitative estimate of drug-likeness (QED) is 0.671. The third kappa shape index (κ3) is 1.02. The van der Waals surface area contributed by atoms with Crippen molar-refractivity contribution in [2.45, 2.75) is 45.6 Å². The van der Waals surface area contributed by atoms with Crippen LogP contribution in [0.5, 0.6) is 0 Å². The molecule has 0 radical (unpaired) electrons. The van der Waals surface area contributed by atoms with Gasteiger partial charge in [-0.2, -0.15) is 0 Å². The van der Waals surface area contributed by atoms with Gasteiger partial charge >= 0.3 is 0 Å². The van der Waals surface area contributed by atoms with E-state index in [0.29, 0.717) is 5.92 Å². The molecule has 2 fully saturated rings. The third-order valence-corrected chi connectivity index (χ3v) is 4.26. The molecule has 5 unspecified atom stereocenters. The highest BCUT2D eigenvalue weighted by atomic mass is 16.3. The summed E-state index contributed by atoms with van der Waals surface area (Å²) >= 11 is 0. The Balaban J connectivity index is 2.11. The first kappa shape index (κ1) is 8.55. The molecule has 1 nitrogen and oxygen atoms in total. The second-order valence-electron chi connectivity index (χ2n) is 4.61. The Morgan fingerprint density at radius 2 is 1.75 bits per heavy atom. The predicted octanol–water partition coefficient (Wildman–Crippen LogP) is 2.44. The molecular weight excluding hydrogens is 148 g/mol. The van der Waals surface area contributed by atoms with Gasteiger partial charge in [0.25, 0.3) is 0 Å². The molecule has 70 valence electrons. The summed E-state index contributed by atoms with van der Waals surface area (Å²) in [4.78, 5) is 0. The van der Waals surface area contributed by atoms with E-state index >= 15 is 0 Å². The molecule has 1 N–H and O–H groups in total. The lowest BCUT2D eigenvalue weighted by Gasteiger charge is -2.32. The van der Waals surface area contributed by atoms with E-state index in [2.05, 4.69) is 13.8 Å². The Morgan fingerprint density at radius 1 is 1.08 bits per heavy atom. The lowest BCUT2D eigenvalue weighted by Crippen LogP contribution is -2.30. The van der Waals surface area contributed by atoms with Crippen LogP contribution in [0.3, 0.4) is 0 Å². The van der Waals surface area contributed by atoms with Gasteiger partial charge in [-0.3, -0.25) is 0 Å². The van der Waals surface area contributed by atoms with Gasteiger partial charge < -0.3 is 5.11 Å². The average molecular weight is 168 g/mol. The number of hydrogen-bond acceptors (Lipinski definition) is 1. The molecule has 0 saturated heterocycles. The normalized spacial score (nSPS) is 51.8. The van der Waals surface area contributed by atoms with Crippen LogP contribution >= 0.6 is 0 Å². The van der Waals surface area contributed by atoms with Gasteiger partial charge in [0.1, 0.15) is 0 Å². The molecule has 2 bridgehead atoms. The molecule has 0 aromatic heterocycles. The molecule has 2 aliphatic rings. The standard InChI is InChI=1S/C11H20O/c1-3-8-7-5-10(9(8)4-2)11(12)6-7/h7-12H,3-6H2,1-2H3. The minimum Gasteiger partial charge on any atom is -0.393 e. The number of aliphatic hydroxyl groups excluding tert-OH is 1. The first-order chi connectivity index (χ1) is 5.77. The Morgan fingerprint density at radius 3 is 2.33 bits per heavy atom. The predicted molar refractivity (Wildman–Crippen MR) is 49.8 cm³/mol. The lowest BCUT2D eigenvalue weighted by atomic mass is 9.75. The first-order valence-electron chi connectivity index (χ1n) is 5.46. The summed E-state index contributed by atoms with van der Waals surface area (Å²) in [5.74, 6) is 3.29. The zero-order chi connectivity index (χ0) is 8.72. The average Bonchev–Trinajstić information content (AvgIpc) is 2.58. The number of hydrogen-bond donors (Lipinski definition) is 1. The van der Waals surface area contributed by atoms with Crippen molar-refractivity contribution in [2.75, 3.05) is 0 Å². The maximum Gasteiger partial charge on any atom is 0.0574 e. The molecule has 2 saturated carbocycles. The van der Waals surface area contributed by atoms with Gasteiger partial charge in [0.15, 0.2) is 0 Å². The number of aliphatic hydroxyl groups is 1. The van der Waals surface area contributed by atoms with Crippen LogP contribution in [0.15, 0.2) is 0 Å². The van der Waals surface area contributed by atoms with Gasteiger partial charge in [-0.05, 0) is 36.5 Å². The minimum absolute atomic E-state index is 0.0442. The van der Waals surface area contributed by atoms with E-state index in [-0.39, 0.29) is 6.10 Å². The molecule has 0 amide bonds. The van der Waals surface area contributed by atoms with Crippen molar-refractivity contribution >= 4 is 0 Å². The summed E-state index contributed by atoms with van der Waals surface area (Å²) in [6.45, 7) is 4.58. The van der Waals surface area contributed by atoms with E-state index < -0.39 is 0 Å². The van der Waals surface area contributed by atoms with Crippen molar-refractivity contribution < 1.29 is 5.11 Å². The van der Waals surface area contributed by atoms with Gasteiger partial charge in [-0.1, -0.05) is 26.7 Å². The van der Waals surface area contributed by atoms with Gasteiger partial charge in [0.05, 0.1) is 6.10 Å². The lowest BCUT2D eigenvalue weighted by molar-refractivity contribution is 0.0500. The van der Waals surface area contributed by atoms with Crippen molar-refractivity contribution in [1.82, 2.24) is 0 Å². The largest absolute Gasteiger partial charge is 0.393 e. The van der Waals surface area contributed by atoms with Gasteiger partial charge in [0, 0.05) is 0 Å². The van der Waals surface area contributed by atoms with Crippen LogP contribution < -0.4 is 0 Å². The maximum atomic E-state index is 9.73. The van der Waals surface area contributed by atoms with Crippen molar-refractivity contribution in [2.24, 2.45) is 23.7 Å². The molecule has 5 atom stereocenters. The monoisotopic (exact) mass is 168 g/mol. The minimum atomic E-state index is 0.0442. The zero-order valence-corrected chi connectivity index (χ0v) is 8.16. The Bertz CT molecular complexity index is 164. The number of rotatable bonds is 2. The summed E-state index contributed by atoms with van der Waals surface area (Å²) in [6.07, 6.45) is 5.06. The summed E-state index contributed by atoms with van der Waals surface area (Å²) in [5.41, 5.74) is 0. The molecule has 2 rings (SSSR count). The van der Waals surface area contributed by atoms with Crippen LogP contribution in [0.4, 0.5) is 0 Å². The highest BCUT2D eigenvalue weighted by Crippen LogP contribution is 2.54. The van der Waals surface area contributed by atoms with Gasteiger partial charge in [0.2, 0.25) is 0 Å². The molecule has 12 heavy (non-hydrogen) atoms. The van der Waals surface area contributed by atoms with Gasteiger partial charge in [-0.25, -0.2) is 0 Å². The summed E-state index contributed by atoms with van der Waals surface area (Å²) in [7, 11) is 0. The molecule has 2 aliphatic carbocycles. The Kier molecular flexibility index (Phi) is 2.16. The molecule has 0 heterocycles. The summed E-state index contributed by atoms with van der Waals surface area (Å²) in [6, 6.07) is 0. The fourth-order valence-electron chi connectivity index (χ4n) is 3.81. The fraction of sp³-hybridized carbons (Fsp3) is 1.00. The van der Waals surface area contributed by atoms with Crippen LogP contribution in [-0.4, -0.2) is 11.2 Å². The van der Waals surface area contributed by atoms with Crippen LogP contribution in [0, 0.1) is 23.7 Å². The maximum absolute atomic E-state index is 9.73. The van der Waals surface area contributed by atoms with Crippen molar-refractivity contribution in [3.63, 3.8) is 0 Å². The van der Waals surface area contributed by atoms with Crippen molar-refractivity contribution in [1.29, 1.82) is 0 Å². The van der Waals surface area contributed by atoms with Crippen molar-refractivity contribution in [3.8, 4) is 0 Å². The first-order valence-corrected chi connectivity index (χ1v) is 5.46. The zero-order valence-electron chi connectivity index (χ0n) is 8.16.